The monoisotopic (exact) mass is 299 g/mol. The summed E-state index contributed by atoms with van der Waals surface area (Å²) in [6.45, 7) is 3.51. The summed E-state index contributed by atoms with van der Waals surface area (Å²) in [5, 5.41) is 3.21. The predicted molar refractivity (Wildman–Crippen MR) is 69.5 cm³/mol. The lowest BCUT2D eigenvalue weighted by Crippen LogP contribution is -2.42. The molecule has 0 bridgehead atoms. The third-order valence-electron chi connectivity index (χ3n) is 1.97. The Hall–Kier alpha value is -0.980. The van der Waals surface area contributed by atoms with Gasteiger partial charge in [0.1, 0.15) is 0 Å². The van der Waals surface area contributed by atoms with E-state index in [0.717, 1.165) is 4.47 Å². The van der Waals surface area contributed by atoms with E-state index in [2.05, 4.69) is 27.2 Å². The number of benzene rings is 1. The molecule has 0 fully saturated rings. The van der Waals surface area contributed by atoms with E-state index in [1.165, 1.54) is 0 Å². The molecule has 84 valence electrons. The highest BCUT2D eigenvalue weighted by atomic mass is 79.9. The first-order valence-corrected chi connectivity index (χ1v) is 5.78. The summed E-state index contributed by atoms with van der Waals surface area (Å²) in [6, 6.07) is 4.99. The summed E-state index contributed by atoms with van der Waals surface area (Å²) < 4.78 is 0.752. The Morgan fingerprint density at radius 2 is 2.19 bits per heavy atom. The zero-order chi connectivity index (χ0) is 12.3. The first-order valence-electron chi connectivity index (χ1n) is 4.61. The summed E-state index contributed by atoms with van der Waals surface area (Å²) in [6.07, 6.45) is 5.29. The van der Waals surface area contributed by atoms with Gasteiger partial charge in [-0.3, -0.25) is 4.79 Å². The highest BCUT2D eigenvalue weighted by molar-refractivity contribution is 9.10. The standard InChI is InChI=1S/C12H11BrClNO/c1-4-12(2,3)15-11(16)8-5-6-9(13)10(14)7-8/h1,5-7H,2-3H3,(H,15,16). The topological polar surface area (TPSA) is 29.1 Å². The maximum Gasteiger partial charge on any atom is 0.252 e. The molecule has 0 saturated carbocycles. The molecule has 4 heteroatoms. The molecule has 1 N–H and O–H groups in total. The van der Waals surface area contributed by atoms with Crippen molar-refractivity contribution < 1.29 is 4.79 Å². The van der Waals surface area contributed by atoms with Gasteiger partial charge in [0.05, 0.1) is 10.6 Å². The van der Waals surface area contributed by atoms with Crippen LogP contribution in [0.15, 0.2) is 22.7 Å². The van der Waals surface area contributed by atoms with Crippen LogP contribution < -0.4 is 5.32 Å². The number of hydrogen-bond acceptors (Lipinski definition) is 1. The minimum Gasteiger partial charge on any atom is -0.336 e. The van der Waals surface area contributed by atoms with Crippen molar-refractivity contribution in [1.82, 2.24) is 5.32 Å². The number of terminal acetylenes is 1. The minimum atomic E-state index is -0.670. The van der Waals surface area contributed by atoms with Crippen LogP contribution in [0.5, 0.6) is 0 Å². The van der Waals surface area contributed by atoms with Crippen molar-refractivity contribution >= 4 is 33.4 Å². The summed E-state index contributed by atoms with van der Waals surface area (Å²) in [5.74, 6) is 2.26. The van der Waals surface area contributed by atoms with Gasteiger partial charge in [0.2, 0.25) is 0 Å². The van der Waals surface area contributed by atoms with E-state index >= 15 is 0 Å². The van der Waals surface area contributed by atoms with Crippen molar-refractivity contribution in [3.63, 3.8) is 0 Å². The van der Waals surface area contributed by atoms with Crippen LogP contribution in [-0.4, -0.2) is 11.4 Å². The van der Waals surface area contributed by atoms with E-state index in [-0.39, 0.29) is 5.91 Å². The van der Waals surface area contributed by atoms with Crippen molar-refractivity contribution in [2.45, 2.75) is 19.4 Å². The van der Waals surface area contributed by atoms with E-state index in [9.17, 15) is 4.79 Å². The molecule has 0 heterocycles. The molecule has 0 aliphatic carbocycles. The number of carbonyl (C=O) groups is 1. The average Bonchev–Trinajstić information content (AvgIpc) is 2.21. The Morgan fingerprint density at radius 1 is 1.56 bits per heavy atom. The van der Waals surface area contributed by atoms with Gasteiger partial charge in [-0.05, 0) is 48.0 Å². The quantitative estimate of drug-likeness (QED) is 0.835. The Balaban J connectivity index is 2.91. The second kappa shape index (κ2) is 4.90. The number of carbonyl (C=O) groups excluding carboxylic acids is 1. The van der Waals surface area contributed by atoms with Crippen LogP contribution in [0.2, 0.25) is 5.02 Å². The summed E-state index contributed by atoms with van der Waals surface area (Å²) >= 11 is 9.15. The van der Waals surface area contributed by atoms with Crippen molar-refractivity contribution in [3.8, 4) is 12.3 Å². The molecule has 1 rings (SSSR count). The van der Waals surface area contributed by atoms with Crippen LogP contribution >= 0.6 is 27.5 Å². The molecule has 0 unspecified atom stereocenters. The van der Waals surface area contributed by atoms with Gasteiger partial charge in [0.15, 0.2) is 0 Å². The maximum atomic E-state index is 11.8. The molecule has 1 aromatic rings. The normalized spacial score (nSPS) is 10.7. The largest absolute Gasteiger partial charge is 0.336 e. The summed E-state index contributed by atoms with van der Waals surface area (Å²) in [4.78, 5) is 11.8. The van der Waals surface area contributed by atoms with Crippen LogP contribution in [0.25, 0.3) is 0 Å². The lowest BCUT2D eigenvalue weighted by atomic mass is 10.1. The van der Waals surface area contributed by atoms with Gasteiger partial charge in [-0.15, -0.1) is 6.42 Å². The van der Waals surface area contributed by atoms with Crippen LogP contribution in [-0.2, 0) is 0 Å². The van der Waals surface area contributed by atoms with Gasteiger partial charge in [0, 0.05) is 10.0 Å². The molecule has 0 aliphatic heterocycles. The number of halogens is 2. The van der Waals surface area contributed by atoms with Gasteiger partial charge < -0.3 is 5.32 Å². The van der Waals surface area contributed by atoms with Gasteiger partial charge in [-0.25, -0.2) is 0 Å². The highest BCUT2D eigenvalue weighted by Gasteiger charge is 2.18. The first kappa shape index (κ1) is 13.1. The van der Waals surface area contributed by atoms with Crippen LogP contribution in [0.4, 0.5) is 0 Å². The summed E-state index contributed by atoms with van der Waals surface area (Å²) in [7, 11) is 0. The van der Waals surface area contributed by atoms with Gasteiger partial charge >= 0.3 is 0 Å². The smallest absolute Gasteiger partial charge is 0.252 e. The molecular formula is C12H11BrClNO. The lowest BCUT2D eigenvalue weighted by molar-refractivity contribution is 0.0930. The fourth-order valence-electron chi connectivity index (χ4n) is 1.03. The fourth-order valence-corrected chi connectivity index (χ4v) is 1.46. The second-order valence-electron chi connectivity index (χ2n) is 3.85. The molecule has 2 nitrogen and oxygen atoms in total. The Labute approximate surface area is 109 Å². The predicted octanol–water partition coefficient (Wildman–Crippen LogP) is 3.24. The fraction of sp³-hybridized carbons (Fsp3) is 0.250. The van der Waals surface area contributed by atoms with E-state index in [1.54, 1.807) is 32.0 Å². The van der Waals surface area contributed by atoms with E-state index in [1.807, 2.05) is 0 Å². The second-order valence-corrected chi connectivity index (χ2v) is 5.11. The Kier molecular flexibility index (Phi) is 4.01. The van der Waals surface area contributed by atoms with E-state index < -0.39 is 5.54 Å². The van der Waals surface area contributed by atoms with E-state index in [0.29, 0.717) is 10.6 Å². The first-order chi connectivity index (χ1) is 7.35. The van der Waals surface area contributed by atoms with E-state index in [4.69, 9.17) is 18.0 Å². The number of amides is 1. The molecule has 0 aromatic heterocycles. The third-order valence-corrected chi connectivity index (χ3v) is 3.20. The van der Waals surface area contributed by atoms with Gasteiger partial charge in [-0.1, -0.05) is 17.5 Å². The Bertz CT molecular complexity index is 463. The lowest BCUT2D eigenvalue weighted by Gasteiger charge is -2.19. The SMILES string of the molecule is C#CC(C)(C)NC(=O)c1ccc(Br)c(Cl)c1. The van der Waals surface area contributed by atoms with Crippen molar-refractivity contribution in [1.29, 1.82) is 0 Å². The maximum absolute atomic E-state index is 11.8. The number of rotatable bonds is 2. The molecule has 0 aliphatic rings. The molecule has 16 heavy (non-hydrogen) atoms. The molecule has 0 spiro atoms. The molecular weight excluding hydrogens is 289 g/mol. The third kappa shape index (κ3) is 3.26. The van der Waals surface area contributed by atoms with Crippen LogP contribution in [0.3, 0.4) is 0 Å². The summed E-state index contributed by atoms with van der Waals surface area (Å²) in [5.41, 5.74) is -0.187. The van der Waals surface area contributed by atoms with Crippen molar-refractivity contribution in [3.05, 3.63) is 33.3 Å². The number of nitrogens with one attached hydrogen (secondary N) is 1. The Morgan fingerprint density at radius 3 is 2.69 bits per heavy atom. The zero-order valence-electron chi connectivity index (χ0n) is 8.97. The van der Waals surface area contributed by atoms with Crippen molar-refractivity contribution in [2.75, 3.05) is 0 Å². The molecule has 1 aromatic carbocycles. The van der Waals surface area contributed by atoms with Crippen molar-refractivity contribution in [2.24, 2.45) is 0 Å². The highest BCUT2D eigenvalue weighted by Crippen LogP contribution is 2.23. The number of hydrogen-bond donors (Lipinski definition) is 1. The minimum absolute atomic E-state index is 0.239. The van der Waals surface area contributed by atoms with Gasteiger partial charge in [-0.2, -0.15) is 0 Å². The average molecular weight is 301 g/mol. The molecule has 0 atom stereocenters. The molecule has 0 saturated heterocycles. The molecule has 0 radical (unpaired) electrons. The molecule has 1 amide bonds. The zero-order valence-corrected chi connectivity index (χ0v) is 11.3. The van der Waals surface area contributed by atoms with Crippen LogP contribution in [0, 0.1) is 12.3 Å². The van der Waals surface area contributed by atoms with Crippen LogP contribution in [0.1, 0.15) is 24.2 Å². The van der Waals surface area contributed by atoms with Gasteiger partial charge in [0.25, 0.3) is 5.91 Å².